The third-order valence-electron chi connectivity index (χ3n) is 3.98. The zero-order valence-corrected chi connectivity index (χ0v) is 12.7. The molecule has 1 unspecified atom stereocenters. The lowest BCUT2D eigenvalue weighted by Crippen LogP contribution is -2.43. The highest BCUT2D eigenvalue weighted by molar-refractivity contribution is 5.93. The van der Waals surface area contributed by atoms with Gasteiger partial charge in [-0.1, -0.05) is 12.1 Å². The molecule has 1 atom stereocenters. The molecule has 2 aromatic rings. The Bertz CT molecular complexity index is 622. The van der Waals surface area contributed by atoms with E-state index in [9.17, 15) is 9.18 Å². The van der Waals surface area contributed by atoms with Gasteiger partial charge in [0, 0.05) is 19.6 Å². The number of nitrogens with zero attached hydrogens (tertiary/aromatic N) is 1. The number of amides is 1. The van der Waals surface area contributed by atoms with Crippen molar-refractivity contribution in [2.24, 2.45) is 0 Å². The van der Waals surface area contributed by atoms with Crippen molar-refractivity contribution in [2.75, 3.05) is 32.8 Å². The average Bonchev–Trinajstić information content (AvgIpc) is 3.12. The monoisotopic (exact) mass is 318 g/mol. The molecule has 1 aliphatic heterocycles. The summed E-state index contributed by atoms with van der Waals surface area (Å²) in [5.41, 5.74) is 1.46. The maximum Gasteiger partial charge on any atom is 0.254 e. The molecule has 1 amide bonds. The topological polar surface area (TPSA) is 54.7 Å². The van der Waals surface area contributed by atoms with Gasteiger partial charge in [0.15, 0.2) is 0 Å². The molecule has 2 heterocycles. The summed E-state index contributed by atoms with van der Waals surface area (Å²) in [6, 6.07) is 8.02. The van der Waals surface area contributed by atoms with Gasteiger partial charge in [-0.15, -0.1) is 0 Å². The van der Waals surface area contributed by atoms with E-state index in [0.29, 0.717) is 25.3 Å². The van der Waals surface area contributed by atoms with E-state index >= 15 is 0 Å². The van der Waals surface area contributed by atoms with Crippen LogP contribution in [0, 0.1) is 5.82 Å². The zero-order chi connectivity index (χ0) is 16.1. The van der Waals surface area contributed by atoms with E-state index in [0.717, 1.165) is 18.7 Å². The van der Waals surface area contributed by atoms with Crippen molar-refractivity contribution < 1.29 is 18.3 Å². The molecule has 23 heavy (non-hydrogen) atoms. The number of nitrogens with one attached hydrogen (secondary N) is 1. The van der Waals surface area contributed by atoms with E-state index in [4.69, 9.17) is 9.15 Å². The summed E-state index contributed by atoms with van der Waals surface area (Å²) >= 11 is 0. The van der Waals surface area contributed by atoms with Crippen molar-refractivity contribution in [3.63, 3.8) is 0 Å². The average molecular weight is 318 g/mol. The van der Waals surface area contributed by atoms with Gasteiger partial charge in [0.1, 0.15) is 12.1 Å². The number of carbonyl (C=O) groups is 1. The smallest absolute Gasteiger partial charge is 0.254 e. The van der Waals surface area contributed by atoms with Gasteiger partial charge in [0.2, 0.25) is 0 Å². The molecule has 0 spiro atoms. The molecule has 0 radical (unpaired) electrons. The van der Waals surface area contributed by atoms with Gasteiger partial charge in [-0.25, -0.2) is 4.39 Å². The summed E-state index contributed by atoms with van der Waals surface area (Å²) in [7, 11) is 0. The van der Waals surface area contributed by atoms with E-state index in [-0.39, 0.29) is 17.8 Å². The maximum absolute atomic E-state index is 13.2. The second kappa shape index (κ2) is 7.39. The molecule has 0 bridgehead atoms. The maximum atomic E-state index is 13.2. The number of carbonyl (C=O) groups excluding carboxylic acids is 1. The van der Waals surface area contributed by atoms with E-state index in [2.05, 4.69) is 10.2 Å². The first-order chi connectivity index (χ1) is 11.2. The van der Waals surface area contributed by atoms with Crippen LogP contribution >= 0.6 is 0 Å². The van der Waals surface area contributed by atoms with Gasteiger partial charge in [-0.3, -0.25) is 9.69 Å². The summed E-state index contributed by atoms with van der Waals surface area (Å²) in [4.78, 5) is 14.3. The van der Waals surface area contributed by atoms with Gasteiger partial charge < -0.3 is 14.5 Å². The Balaban J connectivity index is 1.72. The van der Waals surface area contributed by atoms with Gasteiger partial charge in [0.05, 0.1) is 31.1 Å². The highest BCUT2D eigenvalue weighted by atomic mass is 19.1. The molecule has 1 fully saturated rings. The Morgan fingerprint density at radius 3 is 2.61 bits per heavy atom. The van der Waals surface area contributed by atoms with Crippen molar-refractivity contribution in [3.8, 4) is 0 Å². The van der Waals surface area contributed by atoms with Crippen LogP contribution in [0.4, 0.5) is 4.39 Å². The van der Waals surface area contributed by atoms with Gasteiger partial charge in [-0.2, -0.15) is 0 Å². The second-order valence-electron chi connectivity index (χ2n) is 5.44. The lowest BCUT2D eigenvalue weighted by atomic mass is 10.0. The molecule has 1 saturated heterocycles. The predicted molar refractivity (Wildman–Crippen MR) is 82.6 cm³/mol. The Morgan fingerprint density at radius 1 is 1.22 bits per heavy atom. The van der Waals surface area contributed by atoms with Crippen molar-refractivity contribution in [1.29, 1.82) is 0 Å². The Kier molecular flexibility index (Phi) is 5.05. The molecule has 0 aliphatic carbocycles. The number of furan rings is 1. The number of benzene rings is 1. The molecule has 1 aromatic carbocycles. The fourth-order valence-corrected chi connectivity index (χ4v) is 2.72. The Hall–Kier alpha value is -2.18. The fraction of sp³-hybridized carbons (Fsp3) is 0.353. The van der Waals surface area contributed by atoms with E-state index < -0.39 is 0 Å². The molecule has 122 valence electrons. The van der Waals surface area contributed by atoms with Crippen LogP contribution in [0.1, 0.15) is 22.0 Å². The van der Waals surface area contributed by atoms with E-state index in [1.165, 1.54) is 24.7 Å². The van der Waals surface area contributed by atoms with Gasteiger partial charge in [0.25, 0.3) is 5.91 Å². The molecular formula is C17H19FN2O3. The summed E-state index contributed by atoms with van der Waals surface area (Å²) in [5, 5.41) is 2.92. The normalized spacial score (nSPS) is 16.9. The third-order valence-corrected chi connectivity index (χ3v) is 3.98. The minimum atomic E-state index is -0.267. The van der Waals surface area contributed by atoms with Crippen molar-refractivity contribution in [3.05, 3.63) is 59.8 Å². The fourth-order valence-electron chi connectivity index (χ4n) is 2.72. The lowest BCUT2D eigenvalue weighted by molar-refractivity contribution is 0.0162. The molecule has 6 heteroatoms. The SMILES string of the molecule is O=C(NCC(c1ccc(F)cc1)N1CCOCC1)c1ccoc1. The number of hydrogen-bond donors (Lipinski definition) is 1. The van der Waals surface area contributed by atoms with Crippen LogP contribution in [0.25, 0.3) is 0 Å². The van der Waals surface area contributed by atoms with E-state index in [1.807, 2.05) is 0 Å². The summed E-state index contributed by atoms with van der Waals surface area (Å²) in [5.74, 6) is -0.448. The molecule has 1 aromatic heterocycles. The van der Waals surface area contributed by atoms with Crippen molar-refractivity contribution in [2.45, 2.75) is 6.04 Å². The number of ether oxygens (including phenoxy) is 1. The van der Waals surface area contributed by atoms with Crippen LogP contribution in [0.15, 0.2) is 47.3 Å². The Labute approximate surface area is 134 Å². The Morgan fingerprint density at radius 2 is 1.96 bits per heavy atom. The van der Waals surface area contributed by atoms with Crippen LogP contribution in [0.2, 0.25) is 0 Å². The minimum absolute atomic E-state index is 0.0182. The highest BCUT2D eigenvalue weighted by Gasteiger charge is 2.23. The van der Waals surface area contributed by atoms with Crippen LogP contribution in [-0.4, -0.2) is 43.7 Å². The lowest BCUT2D eigenvalue weighted by Gasteiger charge is -2.34. The van der Waals surface area contributed by atoms with E-state index in [1.54, 1.807) is 18.2 Å². The number of rotatable bonds is 5. The number of morpholine rings is 1. The highest BCUT2D eigenvalue weighted by Crippen LogP contribution is 2.21. The van der Waals surface area contributed by atoms with Crippen molar-refractivity contribution >= 4 is 5.91 Å². The van der Waals surface area contributed by atoms with Crippen LogP contribution in [0.5, 0.6) is 0 Å². The molecule has 1 N–H and O–H groups in total. The van der Waals surface area contributed by atoms with Crippen LogP contribution in [0.3, 0.4) is 0 Å². The number of halogens is 1. The van der Waals surface area contributed by atoms with Crippen LogP contribution in [-0.2, 0) is 4.74 Å². The first-order valence-electron chi connectivity index (χ1n) is 7.62. The summed E-state index contributed by atoms with van der Waals surface area (Å²) in [6.45, 7) is 3.32. The molecule has 3 rings (SSSR count). The van der Waals surface area contributed by atoms with Gasteiger partial charge >= 0.3 is 0 Å². The zero-order valence-electron chi connectivity index (χ0n) is 12.7. The van der Waals surface area contributed by atoms with Gasteiger partial charge in [-0.05, 0) is 23.8 Å². The summed E-state index contributed by atoms with van der Waals surface area (Å²) < 4.78 is 23.5. The second-order valence-corrected chi connectivity index (χ2v) is 5.44. The first-order valence-corrected chi connectivity index (χ1v) is 7.62. The summed E-state index contributed by atoms with van der Waals surface area (Å²) in [6.07, 6.45) is 2.88. The largest absolute Gasteiger partial charge is 0.472 e. The molecule has 1 aliphatic rings. The minimum Gasteiger partial charge on any atom is -0.472 e. The quantitative estimate of drug-likeness (QED) is 0.918. The predicted octanol–water partition coefficient (Wildman–Crippen LogP) is 2.22. The number of hydrogen-bond acceptors (Lipinski definition) is 4. The first kappa shape index (κ1) is 15.7. The van der Waals surface area contributed by atoms with Crippen LogP contribution < -0.4 is 5.32 Å². The standard InChI is InChI=1S/C17H19FN2O3/c18-15-3-1-13(2-4-15)16(20-6-9-22-10-7-20)11-19-17(21)14-5-8-23-12-14/h1-5,8,12,16H,6-7,9-11H2,(H,19,21). The third kappa shape index (κ3) is 3.97. The molecule has 0 saturated carbocycles. The molecular weight excluding hydrogens is 299 g/mol. The van der Waals surface area contributed by atoms with Crippen molar-refractivity contribution in [1.82, 2.24) is 10.2 Å². The molecule has 5 nitrogen and oxygen atoms in total.